The van der Waals surface area contributed by atoms with E-state index in [4.69, 9.17) is 18.9 Å². The molecule has 0 amide bonds. The highest BCUT2D eigenvalue weighted by atomic mass is 19.3. The molecule has 13 heteroatoms. The van der Waals surface area contributed by atoms with Gasteiger partial charge in [-0.15, -0.1) is 15.3 Å². The Morgan fingerprint density at radius 1 is 0.953 bits per heavy atom. The number of alkyl halides is 2. The van der Waals surface area contributed by atoms with Crippen LogP contribution in [0.1, 0.15) is 84.8 Å². The number of fused-ring (bicyclic) bond motifs is 1. The van der Waals surface area contributed by atoms with Gasteiger partial charge < -0.3 is 18.9 Å². The number of aromatic nitrogens is 7. The topological polar surface area (TPSA) is 119 Å². The predicted octanol–water partition coefficient (Wildman–Crippen LogP) is 6.20. The molecule has 4 aromatic heterocycles. The molecule has 5 rings (SSSR count). The van der Waals surface area contributed by atoms with Gasteiger partial charge in [-0.25, -0.2) is 18.4 Å². The Labute approximate surface area is 249 Å². The van der Waals surface area contributed by atoms with Gasteiger partial charge >= 0.3 is 6.01 Å². The van der Waals surface area contributed by atoms with Crippen LogP contribution in [0.15, 0.2) is 30.6 Å². The van der Waals surface area contributed by atoms with Gasteiger partial charge in [0.25, 0.3) is 6.43 Å². The second kappa shape index (κ2) is 11.6. The maximum absolute atomic E-state index is 14.5. The van der Waals surface area contributed by atoms with Gasteiger partial charge in [-0.3, -0.25) is 4.98 Å². The fourth-order valence-electron chi connectivity index (χ4n) is 4.27. The molecular weight excluding hydrogens is 560 g/mol. The predicted molar refractivity (Wildman–Crippen MR) is 154 cm³/mol. The summed E-state index contributed by atoms with van der Waals surface area (Å²) < 4.78 is 54.1. The minimum atomic E-state index is -2.85. The summed E-state index contributed by atoms with van der Waals surface area (Å²) in [5.74, 6) is 0.213. The van der Waals surface area contributed by atoms with Gasteiger partial charge in [-0.2, -0.15) is 4.98 Å². The molecule has 0 saturated heterocycles. The molecule has 0 N–H and O–H groups in total. The van der Waals surface area contributed by atoms with Crippen LogP contribution in [0, 0.1) is 0 Å². The lowest BCUT2D eigenvalue weighted by molar-refractivity contribution is 0.00792. The van der Waals surface area contributed by atoms with E-state index >= 15 is 0 Å². The molecule has 1 saturated carbocycles. The molecule has 1 aliphatic carbocycles. The Kier molecular flexibility index (Phi) is 8.21. The van der Waals surface area contributed by atoms with Crippen molar-refractivity contribution in [1.29, 1.82) is 0 Å². The fraction of sp³-hybridized carbons (Fsp3) is 0.533. The van der Waals surface area contributed by atoms with Crippen molar-refractivity contribution in [2.45, 2.75) is 97.2 Å². The van der Waals surface area contributed by atoms with Crippen molar-refractivity contribution < 1.29 is 27.7 Å². The highest BCUT2D eigenvalue weighted by Crippen LogP contribution is 2.36. The van der Waals surface area contributed by atoms with E-state index in [1.54, 1.807) is 19.2 Å². The maximum Gasteiger partial charge on any atom is 0.320 e. The third-order valence-electron chi connectivity index (χ3n) is 6.30. The van der Waals surface area contributed by atoms with Gasteiger partial charge in [0.15, 0.2) is 11.8 Å². The Morgan fingerprint density at radius 3 is 2.33 bits per heavy atom. The third kappa shape index (κ3) is 7.51. The van der Waals surface area contributed by atoms with E-state index in [1.165, 1.54) is 23.1 Å². The molecule has 0 bridgehead atoms. The number of halogens is 2. The molecule has 230 valence electrons. The lowest BCUT2D eigenvalue weighted by Gasteiger charge is -2.24. The molecule has 0 aromatic carbocycles. The number of rotatable bonds is 10. The molecule has 1 fully saturated rings. The molecule has 11 nitrogen and oxygen atoms in total. The van der Waals surface area contributed by atoms with Gasteiger partial charge in [-0.1, -0.05) is 0 Å². The first-order valence-electron chi connectivity index (χ1n) is 14.2. The third-order valence-corrected chi connectivity index (χ3v) is 6.30. The molecule has 0 unspecified atom stereocenters. The van der Waals surface area contributed by atoms with Crippen LogP contribution in [0.4, 0.5) is 8.78 Å². The number of nitrogens with zero attached hydrogens (tertiary/aromatic N) is 7. The Hall–Kier alpha value is -4.00. The van der Waals surface area contributed by atoms with Crippen molar-refractivity contribution in [2.24, 2.45) is 7.05 Å². The summed E-state index contributed by atoms with van der Waals surface area (Å²) in [5.41, 5.74) is 0.823. The van der Waals surface area contributed by atoms with E-state index in [0.717, 1.165) is 12.8 Å². The number of hydrogen-bond donors (Lipinski definition) is 0. The molecule has 0 spiro atoms. The van der Waals surface area contributed by atoms with Crippen molar-refractivity contribution >= 4 is 11.0 Å². The first-order valence-corrected chi connectivity index (χ1v) is 14.2. The molecule has 4 heterocycles. The summed E-state index contributed by atoms with van der Waals surface area (Å²) in [4.78, 5) is 13.2. The van der Waals surface area contributed by atoms with E-state index < -0.39 is 23.7 Å². The smallest absolute Gasteiger partial charge is 0.320 e. The number of hydrogen-bond acceptors (Lipinski definition) is 10. The van der Waals surface area contributed by atoms with E-state index in [0.29, 0.717) is 28.0 Å². The fourth-order valence-corrected chi connectivity index (χ4v) is 4.27. The Morgan fingerprint density at radius 2 is 1.67 bits per heavy atom. The van der Waals surface area contributed by atoms with Crippen molar-refractivity contribution in [2.75, 3.05) is 0 Å². The van der Waals surface area contributed by atoms with Crippen molar-refractivity contribution in [3.05, 3.63) is 41.9 Å². The van der Waals surface area contributed by atoms with E-state index in [2.05, 4.69) is 30.2 Å². The average Bonchev–Trinajstić information content (AvgIpc) is 3.67. The number of pyridine rings is 1. The molecule has 1 aliphatic rings. The minimum absolute atomic E-state index is 0.0218. The lowest BCUT2D eigenvalue weighted by Crippen LogP contribution is -2.26. The van der Waals surface area contributed by atoms with Crippen LogP contribution in [0.5, 0.6) is 17.8 Å². The highest BCUT2D eigenvalue weighted by molar-refractivity contribution is 5.85. The zero-order valence-electron chi connectivity index (χ0n) is 25.6. The molecular formula is C30H37F2N7O4. The summed E-state index contributed by atoms with van der Waals surface area (Å²) in [7, 11) is 1.64. The Bertz CT molecular complexity index is 1600. The van der Waals surface area contributed by atoms with Gasteiger partial charge in [-0.05, 0) is 79.5 Å². The standard InChI is InChI=1S/C30H37F2N7O4/c1-16(40-18-9-10-18)21-13-17(11-12-33-21)23(24(31)32)41-27-19-14-22(36-37-25(19)39(8)38-27)20-15-34-28(43-30(5,6)7)35-26(20)42-29(2,3)4/h11-16,18,23-24H,9-10H2,1-8H3/t16-,23+/m0/s1. The number of ether oxygens (including phenoxy) is 4. The molecule has 0 radical (unpaired) electrons. The first-order chi connectivity index (χ1) is 20.2. The summed E-state index contributed by atoms with van der Waals surface area (Å²) in [5, 5.41) is 13.4. The van der Waals surface area contributed by atoms with Crippen molar-refractivity contribution in [1.82, 2.24) is 34.9 Å². The van der Waals surface area contributed by atoms with Crippen LogP contribution < -0.4 is 14.2 Å². The van der Waals surface area contributed by atoms with E-state index in [1.807, 2.05) is 48.5 Å². The zero-order chi connectivity index (χ0) is 31.1. The SMILES string of the molecule is C[C@H](OC1CC1)c1cc([C@@H](Oc2nn(C)c3nnc(-c4cnc(OC(C)(C)C)nc4OC(C)(C)C)cc23)C(F)F)ccn1. The maximum atomic E-state index is 14.5. The van der Waals surface area contributed by atoms with E-state index in [9.17, 15) is 8.78 Å². The van der Waals surface area contributed by atoms with Crippen LogP contribution in [0.3, 0.4) is 0 Å². The Balaban J connectivity index is 1.51. The van der Waals surface area contributed by atoms with Gasteiger partial charge in [0.05, 0.1) is 28.9 Å². The van der Waals surface area contributed by atoms with Crippen LogP contribution in [-0.4, -0.2) is 58.7 Å². The molecule has 4 aromatic rings. The normalized spacial score (nSPS) is 15.5. The lowest BCUT2D eigenvalue weighted by atomic mass is 10.1. The van der Waals surface area contributed by atoms with Crippen LogP contribution in [-0.2, 0) is 11.8 Å². The average molecular weight is 598 g/mol. The summed E-state index contributed by atoms with van der Waals surface area (Å²) in [6.07, 6.45) is 0.418. The molecule has 43 heavy (non-hydrogen) atoms. The molecule has 2 atom stereocenters. The monoisotopic (exact) mass is 597 g/mol. The summed E-state index contributed by atoms with van der Waals surface area (Å²) in [6.45, 7) is 13.2. The quantitative estimate of drug-likeness (QED) is 0.209. The zero-order valence-corrected chi connectivity index (χ0v) is 25.6. The van der Waals surface area contributed by atoms with Gasteiger partial charge in [0, 0.05) is 25.0 Å². The van der Waals surface area contributed by atoms with Gasteiger partial charge in [0.2, 0.25) is 11.8 Å². The van der Waals surface area contributed by atoms with E-state index in [-0.39, 0.29) is 35.5 Å². The highest BCUT2D eigenvalue weighted by Gasteiger charge is 2.30. The van der Waals surface area contributed by atoms with Crippen molar-refractivity contribution in [3.8, 4) is 29.0 Å². The second-order valence-corrected chi connectivity index (χ2v) is 12.6. The van der Waals surface area contributed by atoms with Crippen LogP contribution in [0.2, 0.25) is 0 Å². The first kappa shape index (κ1) is 30.5. The van der Waals surface area contributed by atoms with Crippen LogP contribution in [0.25, 0.3) is 22.3 Å². The summed E-state index contributed by atoms with van der Waals surface area (Å²) >= 11 is 0. The van der Waals surface area contributed by atoms with Gasteiger partial charge in [0.1, 0.15) is 16.9 Å². The number of aryl methyl sites for hydroxylation is 1. The summed E-state index contributed by atoms with van der Waals surface area (Å²) in [6, 6.07) is 4.89. The largest absolute Gasteiger partial charge is 0.471 e. The minimum Gasteiger partial charge on any atom is -0.471 e. The molecule has 0 aliphatic heterocycles. The second-order valence-electron chi connectivity index (χ2n) is 12.6. The van der Waals surface area contributed by atoms with Crippen molar-refractivity contribution in [3.63, 3.8) is 0 Å². The van der Waals surface area contributed by atoms with Crippen LogP contribution >= 0.6 is 0 Å².